The Kier molecular flexibility index (Phi) is 5.30. The summed E-state index contributed by atoms with van der Waals surface area (Å²) in [7, 11) is 0. The molecular formula is C15H21NO5. The Labute approximate surface area is 123 Å². The lowest BCUT2D eigenvalue weighted by Crippen LogP contribution is -2.63. The van der Waals surface area contributed by atoms with Crippen LogP contribution in [0.1, 0.15) is 19.4 Å². The van der Waals surface area contributed by atoms with E-state index in [0.29, 0.717) is 0 Å². The Morgan fingerprint density at radius 2 is 2.00 bits per heavy atom. The highest BCUT2D eigenvalue weighted by molar-refractivity contribution is 5.73. The first kappa shape index (κ1) is 15.9. The van der Waals surface area contributed by atoms with Gasteiger partial charge in [-0.2, -0.15) is 0 Å². The molecule has 0 saturated carbocycles. The van der Waals surface area contributed by atoms with E-state index in [4.69, 9.17) is 9.47 Å². The molecule has 1 aliphatic heterocycles. The summed E-state index contributed by atoms with van der Waals surface area (Å²) in [6.07, 6.45) is -3.47. The van der Waals surface area contributed by atoms with Crippen molar-refractivity contribution in [3.8, 4) is 0 Å². The third kappa shape index (κ3) is 4.01. The number of hydrogen-bond acceptors (Lipinski definition) is 5. The molecule has 1 amide bonds. The Morgan fingerprint density at radius 3 is 2.62 bits per heavy atom. The molecule has 6 heteroatoms. The van der Waals surface area contributed by atoms with E-state index in [-0.39, 0.29) is 12.5 Å². The standard InChI is InChI=1S/C15H21NO5/c1-9-13(18)14(12(15(19)21-9)16-10(2)17)20-8-11-6-4-3-5-7-11/h3-7,9,12-15,18-19H,8H2,1-2H3,(H,16,17)/t9-,12+,13+,14+,15-/m0/s1. The SMILES string of the molecule is CC(=O)N[C@@H]1[C@@H](OCc2ccccc2)[C@H](O)[C@H](C)O[C@@H]1O. The molecule has 0 aliphatic carbocycles. The van der Waals surface area contributed by atoms with E-state index < -0.39 is 30.6 Å². The summed E-state index contributed by atoms with van der Waals surface area (Å²) in [6, 6.07) is 8.68. The van der Waals surface area contributed by atoms with Gasteiger partial charge in [-0.15, -0.1) is 0 Å². The number of aliphatic hydroxyl groups excluding tert-OH is 2. The van der Waals surface area contributed by atoms with Gasteiger partial charge >= 0.3 is 0 Å². The Balaban J connectivity index is 2.08. The molecule has 1 aromatic carbocycles. The molecule has 3 N–H and O–H groups in total. The van der Waals surface area contributed by atoms with Crippen LogP contribution in [0.5, 0.6) is 0 Å². The summed E-state index contributed by atoms with van der Waals surface area (Å²) < 4.78 is 10.9. The fourth-order valence-electron chi connectivity index (χ4n) is 2.38. The first-order valence-corrected chi connectivity index (χ1v) is 6.93. The summed E-state index contributed by atoms with van der Waals surface area (Å²) in [5, 5.41) is 22.7. The predicted octanol–water partition coefficient (Wildman–Crippen LogP) is 0.174. The maximum Gasteiger partial charge on any atom is 0.217 e. The van der Waals surface area contributed by atoms with Gasteiger partial charge in [0.25, 0.3) is 0 Å². The molecule has 1 saturated heterocycles. The fraction of sp³-hybridized carbons (Fsp3) is 0.533. The number of nitrogens with one attached hydrogen (secondary N) is 1. The number of carbonyl (C=O) groups excluding carboxylic acids is 1. The molecule has 0 aromatic heterocycles. The average Bonchev–Trinajstić information content (AvgIpc) is 2.45. The normalized spacial score (nSPS) is 32.7. The molecule has 116 valence electrons. The van der Waals surface area contributed by atoms with Crippen LogP contribution in [-0.4, -0.2) is 46.8 Å². The first-order valence-electron chi connectivity index (χ1n) is 6.93. The minimum Gasteiger partial charge on any atom is -0.388 e. The van der Waals surface area contributed by atoms with Crippen molar-refractivity contribution >= 4 is 5.91 Å². The second kappa shape index (κ2) is 7.00. The number of carbonyl (C=O) groups is 1. The van der Waals surface area contributed by atoms with Gasteiger partial charge in [0.2, 0.25) is 5.91 Å². The molecule has 1 aliphatic rings. The van der Waals surface area contributed by atoms with Crippen LogP contribution in [-0.2, 0) is 20.9 Å². The highest BCUT2D eigenvalue weighted by Crippen LogP contribution is 2.23. The van der Waals surface area contributed by atoms with Crippen LogP contribution in [0, 0.1) is 0 Å². The van der Waals surface area contributed by atoms with E-state index in [9.17, 15) is 15.0 Å². The minimum atomic E-state index is -1.21. The van der Waals surface area contributed by atoms with Gasteiger partial charge in [-0.25, -0.2) is 0 Å². The van der Waals surface area contributed by atoms with Gasteiger partial charge in [-0.1, -0.05) is 30.3 Å². The number of benzene rings is 1. The number of ether oxygens (including phenoxy) is 2. The fourth-order valence-corrected chi connectivity index (χ4v) is 2.38. The molecule has 21 heavy (non-hydrogen) atoms. The van der Waals surface area contributed by atoms with Crippen LogP contribution in [0.2, 0.25) is 0 Å². The van der Waals surface area contributed by atoms with Gasteiger partial charge in [0, 0.05) is 6.92 Å². The van der Waals surface area contributed by atoms with E-state index in [1.165, 1.54) is 6.92 Å². The van der Waals surface area contributed by atoms with Crippen LogP contribution in [0.25, 0.3) is 0 Å². The Morgan fingerprint density at radius 1 is 1.33 bits per heavy atom. The highest BCUT2D eigenvalue weighted by Gasteiger charge is 2.44. The molecule has 0 radical (unpaired) electrons. The van der Waals surface area contributed by atoms with Crippen molar-refractivity contribution in [2.75, 3.05) is 0 Å². The maximum absolute atomic E-state index is 11.3. The van der Waals surface area contributed by atoms with Gasteiger partial charge < -0.3 is 25.0 Å². The molecule has 5 atom stereocenters. The summed E-state index contributed by atoms with van der Waals surface area (Å²) in [5.41, 5.74) is 0.944. The third-order valence-electron chi connectivity index (χ3n) is 3.49. The van der Waals surface area contributed by atoms with Crippen molar-refractivity contribution < 1.29 is 24.5 Å². The van der Waals surface area contributed by atoms with Crippen LogP contribution < -0.4 is 5.32 Å². The first-order chi connectivity index (χ1) is 9.99. The molecule has 1 aromatic rings. The van der Waals surface area contributed by atoms with Crippen molar-refractivity contribution in [3.63, 3.8) is 0 Å². The van der Waals surface area contributed by atoms with Gasteiger partial charge in [-0.05, 0) is 12.5 Å². The molecule has 6 nitrogen and oxygen atoms in total. The molecule has 1 fully saturated rings. The highest BCUT2D eigenvalue weighted by atomic mass is 16.6. The van der Waals surface area contributed by atoms with E-state index in [1.54, 1.807) is 6.92 Å². The van der Waals surface area contributed by atoms with Gasteiger partial charge in [0.15, 0.2) is 6.29 Å². The predicted molar refractivity (Wildman–Crippen MR) is 75.2 cm³/mol. The molecule has 2 rings (SSSR count). The van der Waals surface area contributed by atoms with Gasteiger partial charge in [-0.3, -0.25) is 4.79 Å². The van der Waals surface area contributed by atoms with Crippen LogP contribution >= 0.6 is 0 Å². The Hall–Kier alpha value is -1.47. The monoisotopic (exact) mass is 295 g/mol. The molecule has 0 spiro atoms. The van der Waals surface area contributed by atoms with Crippen LogP contribution in [0.4, 0.5) is 0 Å². The van der Waals surface area contributed by atoms with Crippen LogP contribution in [0.15, 0.2) is 30.3 Å². The zero-order chi connectivity index (χ0) is 15.4. The number of hydrogen-bond donors (Lipinski definition) is 3. The Bertz CT molecular complexity index is 466. The topological polar surface area (TPSA) is 88.0 Å². The lowest BCUT2D eigenvalue weighted by atomic mass is 9.97. The number of rotatable bonds is 4. The zero-order valence-corrected chi connectivity index (χ0v) is 12.1. The summed E-state index contributed by atoms with van der Waals surface area (Å²) >= 11 is 0. The van der Waals surface area contributed by atoms with Crippen molar-refractivity contribution in [1.82, 2.24) is 5.32 Å². The zero-order valence-electron chi connectivity index (χ0n) is 12.1. The molecule has 1 heterocycles. The smallest absolute Gasteiger partial charge is 0.217 e. The second-order valence-electron chi connectivity index (χ2n) is 5.21. The summed E-state index contributed by atoms with van der Waals surface area (Å²) in [5.74, 6) is -0.322. The summed E-state index contributed by atoms with van der Waals surface area (Å²) in [6.45, 7) is 3.26. The molecular weight excluding hydrogens is 274 g/mol. The van der Waals surface area contributed by atoms with Crippen molar-refractivity contribution in [1.29, 1.82) is 0 Å². The third-order valence-corrected chi connectivity index (χ3v) is 3.49. The van der Waals surface area contributed by atoms with Crippen molar-refractivity contribution in [3.05, 3.63) is 35.9 Å². The number of amides is 1. The van der Waals surface area contributed by atoms with Crippen molar-refractivity contribution in [2.45, 2.75) is 51.1 Å². The van der Waals surface area contributed by atoms with E-state index >= 15 is 0 Å². The van der Waals surface area contributed by atoms with E-state index in [0.717, 1.165) is 5.56 Å². The van der Waals surface area contributed by atoms with E-state index in [1.807, 2.05) is 30.3 Å². The largest absolute Gasteiger partial charge is 0.388 e. The average molecular weight is 295 g/mol. The molecule has 0 unspecified atom stereocenters. The lowest BCUT2D eigenvalue weighted by molar-refractivity contribution is -0.253. The second-order valence-corrected chi connectivity index (χ2v) is 5.21. The molecule has 0 bridgehead atoms. The van der Waals surface area contributed by atoms with Gasteiger partial charge in [0.1, 0.15) is 18.2 Å². The number of aliphatic hydroxyl groups is 2. The lowest BCUT2D eigenvalue weighted by Gasteiger charge is -2.41. The minimum absolute atomic E-state index is 0.276. The maximum atomic E-state index is 11.3. The van der Waals surface area contributed by atoms with E-state index in [2.05, 4.69) is 5.32 Å². The quantitative estimate of drug-likeness (QED) is 0.737. The summed E-state index contributed by atoms with van der Waals surface area (Å²) in [4.78, 5) is 11.3. The van der Waals surface area contributed by atoms with Gasteiger partial charge in [0.05, 0.1) is 12.7 Å². The van der Waals surface area contributed by atoms with Crippen LogP contribution in [0.3, 0.4) is 0 Å². The van der Waals surface area contributed by atoms with Crippen molar-refractivity contribution in [2.24, 2.45) is 0 Å².